The van der Waals surface area contributed by atoms with E-state index in [-0.39, 0.29) is 6.04 Å². The Morgan fingerprint density at radius 1 is 1.48 bits per heavy atom. The molecule has 3 rings (SSSR count). The molecule has 2 atom stereocenters. The third-order valence-electron chi connectivity index (χ3n) is 4.03. The topological polar surface area (TPSA) is 88.1 Å². The number of anilines is 1. The molecule has 2 N–H and O–H groups in total. The molecule has 0 radical (unpaired) electrons. The van der Waals surface area contributed by atoms with Crippen molar-refractivity contribution >= 4 is 5.69 Å². The maximum Gasteiger partial charge on any atom is 0.188 e. The molecule has 2 aromatic rings. The van der Waals surface area contributed by atoms with E-state index in [1.807, 2.05) is 22.9 Å². The summed E-state index contributed by atoms with van der Waals surface area (Å²) in [6.45, 7) is 3.63. The number of nitrogens with zero attached hydrogens (tertiary/aromatic N) is 4. The maximum absolute atomic E-state index is 6.10. The van der Waals surface area contributed by atoms with Gasteiger partial charge in [-0.05, 0) is 35.9 Å². The molecular weight excluding hydrogens is 270 g/mol. The molecule has 112 valence electrons. The van der Waals surface area contributed by atoms with Gasteiger partial charge in [-0.2, -0.15) is 0 Å². The molecule has 2 unspecified atom stereocenters. The lowest BCUT2D eigenvalue weighted by atomic mass is 10.0. The van der Waals surface area contributed by atoms with Crippen molar-refractivity contribution in [3.63, 3.8) is 0 Å². The highest BCUT2D eigenvalue weighted by Gasteiger charge is 2.28. The Balaban J connectivity index is 2.03. The standard InChI is InChI=1S/C14H19N5O2/c1-9(10-6-7-21-8-10)19-14(16-17-18-19)13-11(15)4-3-5-12(13)20-2/h3-5,9-10H,6-8,15H2,1-2H3. The van der Waals surface area contributed by atoms with Gasteiger partial charge in [-0.3, -0.25) is 0 Å². The molecule has 2 heterocycles. The van der Waals surface area contributed by atoms with Gasteiger partial charge in [0.1, 0.15) is 5.75 Å². The first kappa shape index (κ1) is 13.8. The van der Waals surface area contributed by atoms with E-state index in [9.17, 15) is 0 Å². The van der Waals surface area contributed by atoms with Crippen molar-refractivity contribution < 1.29 is 9.47 Å². The van der Waals surface area contributed by atoms with E-state index < -0.39 is 0 Å². The number of nitrogen functional groups attached to an aromatic ring is 1. The zero-order valence-electron chi connectivity index (χ0n) is 12.2. The second-order valence-corrected chi connectivity index (χ2v) is 5.24. The van der Waals surface area contributed by atoms with Gasteiger partial charge in [0.15, 0.2) is 5.82 Å². The van der Waals surface area contributed by atoms with Gasteiger partial charge in [-0.1, -0.05) is 6.07 Å². The predicted octanol–water partition coefficient (Wildman–Crippen LogP) is 1.53. The summed E-state index contributed by atoms with van der Waals surface area (Å²) in [7, 11) is 1.61. The Morgan fingerprint density at radius 2 is 2.33 bits per heavy atom. The van der Waals surface area contributed by atoms with Crippen molar-refractivity contribution in [1.82, 2.24) is 20.2 Å². The highest BCUT2D eigenvalue weighted by Crippen LogP contribution is 2.36. The molecular formula is C14H19N5O2. The number of aromatic nitrogens is 4. The molecule has 1 fully saturated rings. The smallest absolute Gasteiger partial charge is 0.188 e. The third kappa shape index (κ3) is 2.44. The molecule has 0 saturated carbocycles. The highest BCUT2D eigenvalue weighted by atomic mass is 16.5. The van der Waals surface area contributed by atoms with Gasteiger partial charge < -0.3 is 15.2 Å². The summed E-state index contributed by atoms with van der Waals surface area (Å²) in [6, 6.07) is 5.66. The average molecular weight is 289 g/mol. The van der Waals surface area contributed by atoms with Crippen LogP contribution in [0.1, 0.15) is 19.4 Å². The lowest BCUT2D eigenvalue weighted by Gasteiger charge is -2.19. The van der Waals surface area contributed by atoms with Gasteiger partial charge in [-0.25, -0.2) is 4.68 Å². The van der Waals surface area contributed by atoms with Crippen LogP contribution in [-0.4, -0.2) is 40.5 Å². The van der Waals surface area contributed by atoms with E-state index in [1.165, 1.54) is 0 Å². The molecule has 1 aliphatic rings. The van der Waals surface area contributed by atoms with Crippen LogP contribution in [0.3, 0.4) is 0 Å². The number of methoxy groups -OCH3 is 1. The first-order chi connectivity index (χ1) is 10.2. The van der Waals surface area contributed by atoms with E-state index in [0.717, 1.165) is 25.2 Å². The average Bonchev–Trinajstić information content (AvgIpc) is 3.17. The molecule has 1 aliphatic heterocycles. The van der Waals surface area contributed by atoms with E-state index in [1.54, 1.807) is 7.11 Å². The van der Waals surface area contributed by atoms with Crippen molar-refractivity contribution in [1.29, 1.82) is 0 Å². The van der Waals surface area contributed by atoms with E-state index in [4.69, 9.17) is 15.2 Å². The lowest BCUT2D eigenvalue weighted by Crippen LogP contribution is -2.19. The first-order valence-electron chi connectivity index (χ1n) is 7.01. The van der Waals surface area contributed by atoms with Gasteiger partial charge in [0.2, 0.25) is 0 Å². The van der Waals surface area contributed by atoms with Crippen molar-refractivity contribution in [3.05, 3.63) is 18.2 Å². The zero-order valence-corrected chi connectivity index (χ0v) is 12.2. The number of nitrogens with two attached hydrogens (primary N) is 1. The number of rotatable bonds is 4. The van der Waals surface area contributed by atoms with Crippen molar-refractivity contribution in [2.75, 3.05) is 26.1 Å². The van der Waals surface area contributed by atoms with Gasteiger partial charge >= 0.3 is 0 Å². The minimum absolute atomic E-state index is 0.141. The van der Waals surface area contributed by atoms with Crippen LogP contribution in [0.5, 0.6) is 5.75 Å². The summed E-state index contributed by atoms with van der Waals surface area (Å²) in [4.78, 5) is 0. The Labute approximate surface area is 123 Å². The van der Waals surface area contributed by atoms with Crippen LogP contribution >= 0.6 is 0 Å². The van der Waals surface area contributed by atoms with Gasteiger partial charge in [-0.15, -0.1) is 5.10 Å². The van der Waals surface area contributed by atoms with Crippen LogP contribution in [0.15, 0.2) is 18.2 Å². The summed E-state index contributed by atoms with van der Waals surface area (Å²) in [5, 5.41) is 12.1. The molecule has 21 heavy (non-hydrogen) atoms. The molecule has 0 amide bonds. The number of tetrazole rings is 1. The zero-order chi connectivity index (χ0) is 14.8. The normalized spacial score (nSPS) is 19.6. The molecule has 0 aliphatic carbocycles. The van der Waals surface area contributed by atoms with Gasteiger partial charge in [0.05, 0.1) is 25.3 Å². The van der Waals surface area contributed by atoms with E-state index in [2.05, 4.69) is 22.4 Å². The monoisotopic (exact) mass is 289 g/mol. The maximum atomic E-state index is 6.10. The largest absolute Gasteiger partial charge is 0.496 e. The number of ether oxygens (including phenoxy) is 2. The van der Waals surface area contributed by atoms with Gasteiger partial charge in [0.25, 0.3) is 0 Å². The summed E-state index contributed by atoms with van der Waals surface area (Å²) >= 11 is 0. The quantitative estimate of drug-likeness (QED) is 0.859. The fourth-order valence-electron chi connectivity index (χ4n) is 2.72. The number of hydrogen-bond acceptors (Lipinski definition) is 6. The summed E-state index contributed by atoms with van der Waals surface area (Å²) in [6.07, 6.45) is 1.02. The van der Waals surface area contributed by atoms with Crippen LogP contribution in [-0.2, 0) is 4.74 Å². The van der Waals surface area contributed by atoms with Gasteiger partial charge in [0, 0.05) is 18.2 Å². The molecule has 1 aromatic carbocycles. The number of benzene rings is 1. The van der Waals surface area contributed by atoms with Crippen molar-refractivity contribution in [2.45, 2.75) is 19.4 Å². The summed E-state index contributed by atoms with van der Waals surface area (Å²) in [5.74, 6) is 1.70. The van der Waals surface area contributed by atoms with E-state index >= 15 is 0 Å². The van der Waals surface area contributed by atoms with Crippen molar-refractivity contribution in [2.24, 2.45) is 5.92 Å². The Bertz CT molecular complexity index is 622. The van der Waals surface area contributed by atoms with Crippen LogP contribution < -0.4 is 10.5 Å². The molecule has 0 bridgehead atoms. The van der Waals surface area contributed by atoms with Crippen molar-refractivity contribution in [3.8, 4) is 17.1 Å². The number of hydrogen-bond donors (Lipinski definition) is 1. The fourth-order valence-corrected chi connectivity index (χ4v) is 2.72. The predicted molar refractivity (Wildman–Crippen MR) is 77.9 cm³/mol. The Hall–Kier alpha value is -2.15. The molecule has 1 saturated heterocycles. The lowest BCUT2D eigenvalue weighted by molar-refractivity contribution is 0.173. The third-order valence-corrected chi connectivity index (χ3v) is 4.03. The molecule has 7 heteroatoms. The highest BCUT2D eigenvalue weighted by molar-refractivity contribution is 5.77. The molecule has 7 nitrogen and oxygen atoms in total. The summed E-state index contributed by atoms with van der Waals surface area (Å²) in [5.41, 5.74) is 7.43. The van der Waals surface area contributed by atoms with Crippen LogP contribution in [0.4, 0.5) is 5.69 Å². The fraction of sp³-hybridized carbons (Fsp3) is 0.500. The van der Waals surface area contributed by atoms with Crippen LogP contribution in [0.25, 0.3) is 11.4 Å². The Kier molecular flexibility index (Phi) is 3.74. The second-order valence-electron chi connectivity index (χ2n) is 5.24. The minimum atomic E-state index is 0.141. The Morgan fingerprint density at radius 3 is 3.05 bits per heavy atom. The first-order valence-corrected chi connectivity index (χ1v) is 7.01. The van der Waals surface area contributed by atoms with E-state index in [0.29, 0.717) is 23.2 Å². The minimum Gasteiger partial charge on any atom is -0.496 e. The van der Waals surface area contributed by atoms with Crippen LogP contribution in [0, 0.1) is 5.92 Å². The molecule has 0 spiro atoms. The SMILES string of the molecule is COc1cccc(N)c1-c1nnnn1C(C)C1CCOC1. The second kappa shape index (κ2) is 5.69. The molecule has 1 aromatic heterocycles. The summed E-state index contributed by atoms with van der Waals surface area (Å²) < 4.78 is 12.7. The van der Waals surface area contributed by atoms with Crippen LogP contribution in [0.2, 0.25) is 0 Å².